The molecule has 4 heteroatoms. The SMILES string of the molecule is CCOC(CCCNCc1ccc(C)c(F)c1)OCC. The van der Waals surface area contributed by atoms with Crippen LogP contribution in [0.5, 0.6) is 0 Å². The lowest BCUT2D eigenvalue weighted by atomic mass is 10.1. The molecule has 0 bridgehead atoms. The molecule has 0 radical (unpaired) electrons. The molecule has 1 aromatic carbocycles. The molecule has 0 spiro atoms. The second-order valence-corrected chi connectivity index (χ2v) is 4.74. The topological polar surface area (TPSA) is 30.5 Å². The van der Waals surface area contributed by atoms with E-state index in [0.29, 0.717) is 25.3 Å². The summed E-state index contributed by atoms with van der Waals surface area (Å²) in [6.07, 6.45) is 1.74. The first-order valence-electron chi connectivity index (χ1n) is 7.36. The van der Waals surface area contributed by atoms with Crippen molar-refractivity contribution >= 4 is 0 Å². The Morgan fingerprint density at radius 2 is 1.90 bits per heavy atom. The maximum Gasteiger partial charge on any atom is 0.157 e. The van der Waals surface area contributed by atoms with E-state index in [4.69, 9.17) is 9.47 Å². The fraction of sp³-hybridized carbons (Fsp3) is 0.625. The zero-order valence-corrected chi connectivity index (χ0v) is 12.7. The van der Waals surface area contributed by atoms with E-state index in [0.717, 1.165) is 24.9 Å². The highest BCUT2D eigenvalue weighted by Crippen LogP contribution is 2.09. The summed E-state index contributed by atoms with van der Waals surface area (Å²) in [6, 6.07) is 5.35. The maximum absolute atomic E-state index is 13.4. The highest BCUT2D eigenvalue weighted by atomic mass is 19.1. The Kier molecular flexibility index (Phi) is 8.42. The standard InChI is InChI=1S/C16H26FNO2/c1-4-19-16(20-5-2)7-6-10-18-12-14-9-8-13(3)15(17)11-14/h8-9,11,16,18H,4-7,10,12H2,1-3H3. The molecule has 1 N–H and O–H groups in total. The van der Waals surface area contributed by atoms with Crippen molar-refractivity contribution < 1.29 is 13.9 Å². The molecule has 1 rings (SSSR count). The van der Waals surface area contributed by atoms with Gasteiger partial charge in [0.2, 0.25) is 0 Å². The molecule has 0 unspecified atom stereocenters. The summed E-state index contributed by atoms with van der Waals surface area (Å²) < 4.78 is 24.3. The van der Waals surface area contributed by atoms with Crippen molar-refractivity contribution in [2.24, 2.45) is 0 Å². The van der Waals surface area contributed by atoms with E-state index in [1.165, 1.54) is 0 Å². The minimum Gasteiger partial charge on any atom is -0.353 e. The number of ether oxygens (including phenoxy) is 2. The van der Waals surface area contributed by atoms with Gasteiger partial charge >= 0.3 is 0 Å². The Morgan fingerprint density at radius 3 is 2.50 bits per heavy atom. The van der Waals surface area contributed by atoms with E-state index < -0.39 is 0 Å². The summed E-state index contributed by atoms with van der Waals surface area (Å²) in [6.45, 7) is 8.60. The van der Waals surface area contributed by atoms with E-state index in [9.17, 15) is 4.39 Å². The van der Waals surface area contributed by atoms with Gasteiger partial charge in [-0.3, -0.25) is 0 Å². The van der Waals surface area contributed by atoms with E-state index in [-0.39, 0.29) is 12.1 Å². The third-order valence-electron chi connectivity index (χ3n) is 3.06. The van der Waals surface area contributed by atoms with Gasteiger partial charge in [-0.15, -0.1) is 0 Å². The predicted octanol–water partition coefficient (Wildman–Crippen LogP) is 3.40. The highest BCUT2D eigenvalue weighted by Gasteiger charge is 2.06. The number of hydrogen-bond acceptors (Lipinski definition) is 3. The van der Waals surface area contributed by atoms with Gasteiger partial charge in [0.1, 0.15) is 5.82 Å². The third-order valence-corrected chi connectivity index (χ3v) is 3.06. The van der Waals surface area contributed by atoms with Crippen LogP contribution in [0.1, 0.15) is 37.8 Å². The largest absolute Gasteiger partial charge is 0.353 e. The molecule has 0 fully saturated rings. The van der Waals surface area contributed by atoms with Crippen LogP contribution in [0, 0.1) is 12.7 Å². The van der Waals surface area contributed by atoms with Crippen molar-refractivity contribution in [1.82, 2.24) is 5.32 Å². The minimum atomic E-state index is -0.142. The quantitative estimate of drug-likeness (QED) is 0.527. The van der Waals surface area contributed by atoms with Crippen molar-refractivity contribution in [2.75, 3.05) is 19.8 Å². The molecule has 20 heavy (non-hydrogen) atoms. The Hall–Kier alpha value is -0.970. The van der Waals surface area contributed by atoms with Crippen LogP contribution in [-0.2, 0) is 16.0 Å². The first-order chi connectivity index (χ1) is 9.67. The second-order valence-electron chi connectivity index (χ2n) is 4.74. The number of nitrogens with one attached hydrogen (secondary N) is 1. The zero-order chi connectivity index (χ0) is 14.8. The van der Waals surface area contributed by atoms with Crippen molar-refractivity contribution in [3.63, 3.8) is 0 Å². The number of aryl methyl sites for hydroxylation is 1. The molecular formula is C16H26FNO2. The van der Waals surface area contributed by atoms with Gasteiger partial charge in [-0.2, -0.15) is 0 Å². The summed E-state index contributed by atoms with van der Waals surface area (Å²) in [4.78, 5) is 0. The molecule has 0 heterocycles. The summed E-state index contributed by atoms with van der Waals surface area (Å²) in [7, 11) is 0. The van der Waals surface area contributed by atoms with Crippen molar-refractivity contribution in [2.45, 2.75) is 46.4 Å². The molecular weight excluding hydrogens is 257 g/mol. The van der Waals surface area contributed by atoms with Gasteiger partial charge in [-0.05, 0) is 57.4 Å². The van der Waals surface area contributed by atoms with Crippen LogP contribution >= 0.6 is 0 Å². The Labute approximate surface area is 121 Å². The maximum atomic E-state index is 13.4. The lowest BCUT2D eigenvalue weighted by Gasteiger charge is -2.16. The highest BCUT2D eigenvalue weighted by molar-refractivity contribution is 5.23. The van der Waals surface area contributed by atoms with Crippen LogP contribution in [0.3, 0.4) is 0 Å². The van der Waals surface area contributed by atoms with E-state index >= 15 is 0 Å². The molecule has 114 valence electrons. The third kappa shape index (κ3) is 6.46. The zero-order valence-electron chi connectivity index (χ0n) is 12.7. The lowest BCUT2D eigenvalue weighted by molar-refractivity contribution is -0.139. The number of benzene rings is 1. The summed E-state index contributed by atoms with van der Waals surface area (Å²) in [5, 5.41) is 3.31. The van der Waals surface area contributed by atoms with Crippen LogP contribution in [0.2, 0.25) is 0 Å². The van der Waals surface area contributed by atoms with E-state index in [1.807, 2.05) is 26.0 Å². The molecule has 1 aromatic rings. The van der Waals surface area contributed by atoms with Crippen LogP contribution in [0.4, 0.5) is 4.39 Å². The fourth-order valence-electron chi connectivity index (χ4n) is 1.96. The minimum absolute atomic E-state index is 0.108. The monoisotopic (exact) mass is 283 g/mol. The molecule has 0 atom stereocenters. The van der Waals surface area contributed by atoms with E-state index in [1.54, 1.807) is 13.0 Å². The van der Waals surface area contributed by atoms with Crippen LogP contribution in [-0.4, -0.2) is 26.0 Å². The first-order valence-corrected chi connectivity index (χ1v) is 7.36. The molecule has 3 nitrogen and oxygen atoms in total. The van der Waals surface area contributed by atoms with Crippen LogP contribution < -0.4 is 5.32 Å². The van der Waals surface area contributed by atoms with Gasteiger partial charge in [0, 0.05) is 19.8 Å². The van der Waals surface area contributed by atoms with Crippen LogP contribution in [0.25, 0.3) is 0 Å². The average Bonchev–Trinajstić information content (AvgIpc) is 2.43. The van der Waals surface area contributed by atoms with Crippen molar-refractivity contribution in [3.05, 3.63) is 35.1 Å². The van der Waals surface area contributed by atoms with Gasteiger partial charge in [-0.1, -0.05) is 12.1 Å². The number of hydrogen-bond donors (Lipinski definition) is 1. The molecule has 0 aliphatic carbocycles. The molecule has 0 amide bonds. The first kappa shape index (κ1) is 17.1. The smallest absolute Gasteiger partial charge is 0.157 e. The lowest BCUT2D eigenvalue weighted by Crippen LogP contribution is -2.21. The summed E-state index contributed by atoms with van der Waals surface area (Å²) >= 11 is 0. The van der Waals surface area contributed by atoms with Gasteiger partial charge in [-0.25, -0.2) is 4.39 Å². The van der Waals surface area contributed by atoms with Gasteiger partial charge in [0.15, 0.2) is 6.29 Å². The molecule has 0 aromatic heterocycles. The van der Waals surface area contributed by atoms with E-state index in [2.05, 4.69) is 5.32 Å². The van der Waals surface area contributed by atoms with Crippen molar-refractivity contribution in [1.29, 1.82) is 0 Å². The molecule has 0 saturated heterocycles. The normalized spacial score (nSPS) is 11.2. The van der Waals surface area contributed by atoms with Gasteiger partial charge < -0.3 is 14.8 Å². The van der Waals surface area contributed by atoms with Crippen molar-refractivity contribution in [3.8, 4) is 0 Å². The molecule has 0 aliphatic rings. The fourth-order valence-corrected chi connectivity index (χ4v) is 1.96. The van der Waals surface area contributed by atoms with Gasteiger partial charge in [0.25, 0.3) is 0 Å². The molecule has 0 aliphatic heterocycles. The second kappa shape index (κ2) is 9.86. The predicted molar refractivity (Wildman–Crippen MR) is 79.1 cm³/mol. The average molecular weight is 283 g/mol. The number of rotatable bonds is 10. The van der Waals surface area contributed by atoms with Crippen LogP contribution in [0.15, 0.2) is 18.2 Å². The summed E-state index contributed by atoms with van der Waals surface area (Å²) in [5.74, 6) is -0.142. The number of halogens is 1. The molecule has 0 saturated carbocycles. The Morgan fingerprint density at radius 1 is 1.20 bits per heavy atom. The summed E-state index contributed by atoms with van der Waals surface area (Å²) in [5.41, 5.74) is 1.66. The Balaban J connectivity index is 2.19. The van der Waals surface area contributed by atoms with Gasteiger partial charge in [0.05, 0.1) is 0 Å². The Bertz CT molecular complexity index is 379.